The molecule has 0 saturated carbocycles. The number of anilines is 1. The highest BCUT2D eigenvalue weighted by molar-refractivity contribution is 7.89. The largest absolute Gasteiger partial charge is 0.326 e. The van der Waals surface area contributed by atoms with E-state index in [4.69, 9.17) is 0 Å². The van der Waals surface area contributed by atoms with Gasteiger partial charge in [-0.3, -0.25) is 9.18 Å². The Kier molecular flexibility index (Phi) is 4.18. The topological polar surface area (TPSA) is 66.5 Å². The molecule has 0 aliphatic carbocycles. The van der Waals surface area contributed by atoms with Crippen molar-refractivity contribution in [1.29, 1.82) is 0 Å². The summed E-state index contributed by atoms with van der Waals surface area (Å²) in [5.41, 5.74) is 1.53. The second-order valence-corrected chi connectivity index (χ2v) is 7.81. The number of hydrogen-bond acceptors (Lipinski definition) is 3. The number of piperidine rings is 1. The first-order chi connectivity index (χ1) is 10.5. The van der Waals surface area contributed by atoms with Crippen molar-refractivity contribution < 1.29 is 17.6 Å². The number of halogens is 1. The number of amides is 1. The van der Waals surface area contributed by atoms with E-state index in [1.54, 1.807) is 12.1 Å². The van der Waals surface area contributed by atoms with Crippen molar-refractivity contribution in [3.8, 4) is 0 Å². The summed E-state index contributed by atoms with van der Waals surface area (Å²) >= 11 is 0. The number of rotatable bonds is 3. The van der Waals surface area contributed by atoms with E-state index in [2.05, 4.69) is 5.32 Å². The van der Waals surface area contributed by atoms with Crippen LogP contribution in [0, 0.1) is 5.92 Å². The van der Waals surface area contributed by atoms with Crippen molar-refractivity contribution in [1.82, 2.24) is 4.31 Å². The molecule has 7 heteroatoms. The standard InChI is InChI=1S/C15H19FN2O3S/c16-10-11-5-7-18(8-6-11)22(20,21)13-2-3-14-12(9-13)1-4-15(19)17-14/h2-3,9,11H,1,4-8,10H2,(H,17,19). The molecule has 1 amide bonds. The van der Waals surface area contributed by atoms with Crippen molar-refractivity contribution in [2.45, 2.75) is 30.6 Å². The van der Waals surface area contributed by atoms with E-state index in [1.165, 1.54) is 10.4 Å². The number of nitrogens with zero attached hydrogens (tertiary/aromatic N) is 1. The zero-order valence-electron chi connectivity index (χ0n) is 12.2. The average Bonchev–Trinajstić information content (AvgIpc) is 2.54. The fourth-order valence-corrected chi connectivity index (χ4v) is 4.49. The predicted molar refractivity (Wildman–Crippen MR) is 80.9 cm³/mol. The molecule has 1 aromatic carbocycles. The molecule has 1 fully saturated rings. The molecule has 1 N–H and O–H groups in total. The quantitative estimate of drug-likeness (QED) is 0.923. The third-order valence-corrected chi connectivity index (χ3v) is 6.30. The highest BCUT2D eigenvalue weighted by Gasteiger charge is 2.30. The number of carbonyl (C=O) groups excluding carboxylic acids is 1. The van der Waals surface area contributed by atoms with Gasteiger partial charge in [0.05, 0.1) is 11.6 Å². The van der Waals surface area contributed by atoms with Gasteiger partial charge in [-0.2, -0.15) is 4.31 Å². The van der Waals surface area contributed by atoms with Gasteiger partial charge in [-0.1, -0.05) is 0 Å². The Hall–Kier alpha value is -1.47. The Labute approximate surface area is 129 Å². The summed E-state index contributed by atoms with van der Waals surface area (Å²) in [5.74, 6) is -0.0680. The second kappa shape index (κ2) is 5.96. The van der Waals surface area contributed by atoms with Gasteiger partial charge in [-0.25, -0.2) is 8.42 Å². The van der Waals surface area contributed by atoms with Crippen LogP contribution in [0.5, 0.6) is 0 Å². The number of hydrogen-bond donors (Lipinski definition) is 1. The van der Waals surface area contributed by atoms with Crippen LogP contribution in [0.25, 0.3) is 0 Å². The van der Waals surface area contributed by atoms with E-state index in [-0.39, 0.29) is 23.4 Å². The normalized spacial score (nSPS) is 20.5. The van der Waals surface area contributed by atoms with Crippen molar-refractivity contribution in [3.05, 3.63) is 23.8 Å². The van der Waals surface area contributed by atoms with E-state index in [0.29, 0.717) is 44.5 Å². The summed E-state index contributed by atoms with van der Waals surface area (Å²) in [6, 6.07) is 4.82. The summed E-state index contributed by atoms with van der Waals surface area (Å²) in [4.78, 5) is 11.6. The first kappa shape index (κ1) is 15.4. The second-order valence-electron chi connectivity index (χ2n) is 5.87. The number of carbonyl (C=O) groups is 1. The maximum Gasteiger partial charge on any atom is 0.243 e. The molecule has 1 saturated heterocycles. The van der Waals surface area contributed by atoms with Crippen molar-refractivity contribution in [2.24, 2.45) is 5.92 Å². The maximum atomic E-state index is 12.7. The van der Waals surface area contributed by atoms with Crippen LogP contribution < -0.4 is 5.32 Å². The van der Waals surface area contributed by atoms with Crippen LogP contribution in [0.15, 0.2) is 23.1 Å². The molecule has 0 bridgehead atoms. The number of nitrogens with one attached hydrogen (secondary N) is 1. The highest BCUT2D eigenvalue weighted by atomic mass is 32.2. The van der Waals surface area contributed by atoms with Gasteiger partial charge in [0.1, 0.15) is 0 Å². The Balaban J connectivity index is 1.82. The van der Waals surface area contributed by atoms with E-state index in [9.17, 15) is 17.6 Å². The van der Waals surface area contributed by atoms with Crippen molar-refractivity contribution >= 4 is 21.6 Å². The molecule has 22 heavy (non-hydrogen) atoms. The van der Waals surface area contributed by atoms with E-state index >= 15 is 0 Å². The van der Waals surface area contributed by atoms with E-state index < -0.39 is 10.0 Å². The Bertz CT molecular complexity index is 682. The molecule has 2 aliphatic rings. The SMILES string of the molecule is O=C1CCc2cc(S(=O)(=O)N3CCC(CF)CC3)ccc2N1. The van der Waals surface area contributed by atoms with Gasteiger partial charge in [-0.05, 0) is 48.9 Å². The van der Waals surface area contributed by atoms with E-state index in [1.807, 2.05) is 0 Å². The first-order valence-corrected chi connectivity index (χ1v) is 8.93. The van der Waals surface area contributed by atoms with Crippen LogP contribution in [-0.4, -0.2) is 38.4 Å². The molecule has 1 aromatic rings. The lowest BCUT2D eigenvalue weighted by atomic mass is 10.0. The molecular weight excluding hydrogens is 307 g/mol. The summed E-state index contributed by atoms with van der Waals surface area (Å²) in [5, 5.41) is 2.74. The van der Waals surface area contributed by atoms with Crippen LogP contribution in [0.4, 0.5) is 10.1 Å². The molecule has 2 aliphatic heterocycles. The fraction of sp³-hybridized carbons (Fsp3) is 0.533. The molecule has 0 unspecified atom stereocenters. The Morgan fingerprint density at radius 2 is 1.95 bits per heavy atom. The van der Waals surface area contributed by atoms with E-state index in [0.717, 1.165) is 5.56 Å². The summed E-state index contributed by atoms with van der Waals surface area (Å²) in [6.45, 7) is 0.349. The lowest BCUT2D eigenvalue weighted by Gasteiger charge is -2.30. The number of fused-ring (bicyclic) bond motifs is 1. The van der Waals surface area contributed by atoms with Gasteiger partial charge in [-0.15, -0.1) is 0 Å². The van der Waals surface area contributed by atoms with Crippen LogP contribution in [-0.2, 0) is 21.2 Å². The van der Waals surface area contributed by atoms with Crippen molar-refractivity contribution in [2.75, 3.05) is 25.1 Å². The lowest BCUT2D eigenvalue weighted by molar-refractivity contribution is -0.116. The monoisotopic (exact) mass is 326 g/mol. The maximum absolute atomic E-state index is 12.7. The Morgan fingerprint density at radius 1 is 1.23 bits per heavy atom. The lowest BCUT2D eigenvalue weighted by Crippen LogP contribution is -2.38. The van der Waals surface area contributed by atoms with Crippen LogP contribution in [0.1, 0.15) is 24.8 Å². The highest BCUT2D eigenvalue weighted by Crippen LogP contribution is 2.29. The minimum absolute atomic E-state index is 0.0230. The number of sulfonamides is 1. The van der Waals surface area contributed by atoms with Gasteiger partial charge < -0.3 is 5.32 Å². The summed E-state index contributed by atoms with van der Waals surface area (Å²) in [6.07, 6.45) is 2.06. The zero-order chi connectivity index (χ0) is 15.7. The molecule has 5 nitrogen and oxygen atoms in total. The third-order valence-electron chi connectivity index (χ3n) is 4.40. The zero-order valence-corrected chi connectivity index (χ0v) is 13.0. The predicted octanol–water partition coefficient (Wildman–Crippen LogP) is 1.94. The molecular formula is C15H19FN2O3S. The van der Waals surface area contributed by atoms with Gasteiger partial charge in [0.15, 0.2) is 0 Å². The van der Waals surface area contributed by atoms with Gasteiger partial charge in [0.2, 0.25) is 15.9 Å². The number of benzene rings is 1. The molecule has 3 rings (SSSR count). The average molecular weight is 326 g/mol. The smallest absolute Gasteiger partial charge is 0.243 e. The Morgan fingerprint density at radius 3 is 2.64 bits per heavy atom. The molecule has 2 heterocycles. The summed E-state index contributed by atoms with van der Waals surface area (Å²) < 4.78 is 39.4. The molecule has 0 atom stereocenters. The fourth-order valence-electron chi connectivity index (χ4n) is 2.97. The molecule has 0 radical (unpaired) electrons. The molecule has 120 valence electrons. The minimum atomic E-state index is -3.54. The third kappa shape index (κ3) is 2.87. The van der Waals surface area contributed by atoms with Gasteiger partial charge >= 0.3 is 0 Å². The van der Waals surface area contributed by atoms with Crippen LogP contribution in [0.3, 0.4) is 0 Å². The molecule has 0 aromatic heterocycles. The van der Waals surface area contributed by atoms with Gasteiger partial charge in [0, 0.05) is 25.2 Å². The molecule has 0 spiro atoms. The minimum Gasteiger partial charge on any atom is -0.326 e. The van der Waals surface area contributed by atoms with Crippen LogP contribution in [0.2, 0.25) is 0 Å². The van der Waals surface area contributed by atoms with Gasteiger partial charge in [0.25, 0.3) is 0 Å². The van der Waals surface area contributed by atoms with Crippen LogP contribution >= 0.6 is 0 Å². The number of aryl methyl sites for hydroxylation is 1. The summed E-state index contributed by atoms with van der Waals surface area (Å²) in [7, 11) is -3.54. The van der Waals surface area contributed by atoms with Crippen molar-refractivity contribution in [3.63, 3.8) is 0 Å². The number of alkyl halides is 1. The first-order valence-electron chi connectivity index (χ1n) is 7.49.